The van der Waals surface area contributed by atoms with Crippen molar-refractivity contribution in [3.63, 3.8) is 0 Å². The molecule has 5 nitrogen and oxygen atoms in total. The molecule has 0 radical (unpaired) electrons. The van der Waals surface area contributed by atoms with Crippen molar-refractivity contribution in [2.75, 3.05) is 0 Å². The maximum absolute atomic E-state index is 12.4. The van der Waals surface area contributed by atoms with Crippen LogP contribution in [0.1, 0.15) is 38.7 Å². The number of hydrogen-bond acceptors (Lipinski definition) is 4. The number of benzene rings is 1. The fourth-order valence-corrected chi connectivity index (χ4v) is 2.84. The first-order chi connectivity index (χ1) is 11.2. The predicted octanol–water partition coefficient (Wildman–Crippen LogP) is 3.71. The number of aldehydes is 1. The number of carbonyl (C=O) groups excluding carboxylic acids is 3. The topological polar surface area (TPSA) is 63.7 Å². The summed E-state index contributed by atoms with van der Waals surface area (Å²) in [4.78, 5) is 36.8. The van der Waals surface area contributed by atoms with E-state index in [0.717, 1.165) is 16.7 Å². The van der Waals surface area contributed by atoms with Gasteiger partial charge in [-0.05, 0) is 38.5 Å². The van der Waals surface area contributed by atoms with Crippen LogP contribution in [0.3, 0.4) is 0 Å². The molecule has 24 heavy (non-hydrogen) atoms. The van der Waals surface area contributed by atoms with Crippen LogP contribution < -0.4 is 0 Å². The highest BCUT2D eigenvalue weighted by Gasteiger charge is 2.39. The molecule has 1 aromatic carbocycles. The number of amides is 2. The molecule has 0 saturated carbocycles. The second-order valence-corrected chi connectivity index (χ2v) is 7.04. The van der Waals surface area contributed by atoms with Crippen molar-refractivity contribution in [2.24, 2.45) is 0 Å². The number of rotatable bonds is 4. The fraction of sp³-hybridized carbons (Fsp3) is 0.389. The molecule has 128 valence electrons. The van der Waals surface area contributed by atoms with Gasteiger partial charge in [-0.15, -0.1) is 0 Å². The van der Waals surface area contributed by atoms with Crippen molar-refractivity contribution in [3.8, 4) is 0 Å². The second kappa shape index (κ2) is 7.18. The van der Waals surface area contributed by atoms with E-state index < -0.39 is 23.6 Å². The van der Waals surface area contributed by atoms with E-state index in [9.17, 15) is 14.4 Å². The molecule has 2 rings (SSSR count). The van der Waals surface area contributed by atoms with E-state index in [0.29, 0.717) is 5.02 Å². The quantitative estimate of drug-likeness (QED) is 0.777. The van der Waals surface area contributed by atoms with Crippen molar-refractivity contribution in [1.29, 1.82) is 0 Å². The van der Waals surface area contributed by atoms with Crippen LogP contribution in [0.5, 0.6) is 0 Å². The van der Waals surface area contributed by atoms with Gasteiger partial charge in [-0.3, -0.25) is 4.79 Å². The van der Waals surface area contributed by atoms with Gasteiger partial charge in [-0.2, -0.15) is 0 Å². The maximum Gasteiger partial charge on any atom is 0.417 e. The Morgan fingerprint density at radius 1 is 1.42 bits per heavy atom. The molecule has 0 spiro atoms. The summed E-state index contributed by atoms with van der Waals surface area (Å²) in [6.07, 6.45) is 3.16. The van der Waals surface area contributed by atoms with Crippen molar-refractivity contribution in [2.45, 2.75) is 44.8 Å². The third-order valence-corrected chi connectivity index (χ3v) is 3.84. The lowest BCUT2D eigenvalue weighted by molar-refractivity contribution is -0.126. The molecule has 1 aliphatic rings. The Bertz CT molecular complexity index is 678. The SMILES string of the molecule is CC(C)(C)OC(=O)N1C(=O)C=C[C@@H]1[C@@H](CC=O)c1cccc(Cl)c1. The van der Waals surface area contributed by atoms with Crippen LogP contribution >= 0.6 is 11.6 Å². The molecule has 0 aromatic heterocycles. The van der Waals surface area contributed by atoms with E-state index in [1.165, 1.54) is 6.08 Å². The summed E-state index contributed by atoms with van der Waals surface area (Å²) < 4.78 is 5.32. The average Bonchev–Trinajstić information content (AvgIpc) is 2.84. The number of nitrogens with zero attached hydrogens (tertiary/aromatic N) is 1. The van der Waals surface area contributed by atoms with Crippen LogP contribution in [0.25, 0.3) is 0 Å². The van der Waals surface area contributed by atoms with Gasteiger partial charge < -0.3 is 9.53 Å². The van der Waals surface area contributed by atoms with Gasteiger partial charge >= 0.3 is 6.09 Å². The molecule has 1 heterocycles. The van der Waals surface area contributed by atoms with Gasteiger partial charge in [0.2, 0.25) is 0 Å². The number of carbonyl (C=O) groups is 3. The van der Waals surface area contributed by atoms with Gasteiger partial charge in [0, 0.05) is 23.4 Å². The van der Waals surface area contributed by atoms with Crippen LogP contribution in [0.4, 0.5) is 4.79 Å². The smallest absolute Gasteiger partial charge is 0.417 e. The first-order valence-corrected chi connectivity index (χ1v) is 8.04. The molecule has 6 heteroatoms. The lowest BCUT2D eigenvalue weighted by atomic mass is 9.89. The van der Waals surface area contributed by atoms with E-state index >= 15 is 0 Å². The molecule has 0 bridgehead atoms. The largest absolute Gasteiger partial charge is 0.443 e. The van der Waals surface area contributed by atoms with E-state index in [4.69, 9.17) is 16.3 Å². The van der Waals surface area contributed by atoms with Gasteiger partial charge in [-0.25, -0.2) is 9.69 Å². The predicted molar refractivity (Wildman–Crippen MR) is 90.9 cm³/mol. The van der Waals surface area contributed by atoms with Crippen LogP contribution in [0, 0.1) is 0 Å². The van der Waals surface area contributed by atoms with Gasteiger partial charge in [-0.1, -0.05) is 29.8 Å². The van der Waals surface area contributed by atoms with Gasteiger partial charge in [0.15, 0.2) is 0 Å². The van der Waals surface area contributed by atoms with Crippen LogP contribution in [0.15, 0.2) is 36.4 Å². The van der Waals surface area contributed by atoms with Crippen LogP contribution in [-0.4, -0.2) is 34.8 Å². The molecule has 0 aliphatic carbocycles. The minimum atomic E-state index is -0.722. The summed E-state index contributed by atoms with van der Waals surface area (Å²) >= 11 is 6.03. The lowest BCUT2D eigenvalue weighted by Gasteiger charge is -2.31. The highest BCUT2D eigenvalue weighted by Crippen LogP contribution is 2.32. The molecular formula is C18H20ClNO4. The molecule has 0 saturated heterocycles. The lowest BCUT2D eigenvalue weighted by Crippen LogP contribution is -2.45. The monoisotopic (exact) mass is 349 g/mol. The number of hydrogen-bond donors (Lipinski definition) is 0. The van der Waals surface area contributed by atoms with Crippen molar-refractivity contribution in [3.05, 3.63) is 47.0 Å². The Morgan fingerprint density at radius 2 is 2.12 bits per heavy atom. The van der Waals surface area contributed by atoms with E-state index in [1.807, 2.05) is 6.07 Å². The molecular weight excluding hydrogens is 330 g/mol. The van der Waals surface area contributed by atoms with Crippen molar-refractivity contribution >= 4 is 29.9 Å². The fourth-order valence-electron chi connectivity index (χ4n) is 2.64. The molecule has 1 aliphatic heterocycles. The Balaban J connectivity index is 2.34. The standard InChI is InChI=1S/C18H20ClNO4/c1-18(2,3)24-17(23)20-15(7-8-16(20)22)14(9-10-21)12-5-4-6-13(19)11-12/h4-8,10-11,14-15H,9H2,1-3H3/t14-,15+/m0/s1. The first-order valence-electron chi connectivity index (χ1n) is 7.66. The molecule has 0 unspecified atom stereocenters. The van der Waals surface area contributed by atoms with Gasteiger partial charge in [0.25, 0.3) is 5.91 Å². The zero-order valence-corrected chi connectivity index (χ0v) is 14.6. The van der Waals surface area contributed by atoms with E-state index in [-0.39, 0.29) is 12.3 Å². The second-order valence-electron chi connectivity index (χ2n) is 6.60. The third kappa shape index (κ3) is 4.23. The van der Waals surface area contributed by atoms with Crippen LogP contribution in [0.2, 0.25) is 5.02 Å². The summed E-state index contributed by atoms with van der Waals surface area (Å²) in [7, 11) is 0. The number of imide groups is 1. The summed E-state index contributed by atoms with van der Waals surface area (Å²) in [6, 6.07) is 6.47. The van der Waals surface area contributed by atoms with Crippen LogP contribution in [-0.2, 0) is 14.3 Å². The molecule has 1 aromatic rings. The Kier molecular flexibility index (Phi) is 5.44. The normalized spacial score (nSPS) is 18.6. The van der Waals surface area contributed by atoms with Crippen molar-refractivity contribution in [1.82, 2.24) is 4.90 Å². The molecule has 0 N–H and O–H groups in total. The molecule has 2 amide bonds. The summed E-state index contributed by atoms with van der Waals surface area (Å²) in [5.41, 5.74) is 0.0632. The van der Waals surface area contributed by atoms with Crippen molar-refractivity contribution < 1.29 is 19.1 Å². The van der Waals surface area contributed by atoms with Gasteiger partial charge in [0.1, 0.15) is 11.9 Å². The Labute approximate surface area is 146 Å². The highest BCUT2D eigenvalue weighted by atomic mass is 35.5. The zero-order valence-electron chi connectivity index (χ0n) is 13.9. The molecule has 2 atom stereocenters. The minimum Gasteiger partial charge on any atom is -0.443 e. The highest BCUT2D eigenvalue weighted by molar-refractivity contribution is 6.30. The van der Waals surface area contributed by atoms with E-state index in [2.05, 4.69) is 0 Å². The molecule has 0 fully saturated rings. The summed E-state index contributed by atoms with van der Waals surface area (Å²) in [5.74, 6) is -0.830. The Morgan fingerprint density at radius 3 is 2.71 bits per heavy atom. The zero-order chi connectivity index (χ0) is 17.9. The number of halogens is 1. The first kappa shape index (κ1) is 18.2. The van der Waals surface area contributed by atoms with Gasteiger partial charge in [0.05, 0.1) is 6.04 Å². The third-order valence-electron chi connectivity index (χ3n) is 3.60. The summed E-state index contributed by atoms with van der Waals surface area (Å²) in [5, 5.41) is 0.528. The maximum atomic E-state index is 12.4. The van der Waals surface area contributed by atoms with E-state index in [1.54, 1.807) is 45.0 Å². The Hall–Kier alpha value is -2.14. The minimum absolute atomic E-state index is 0.155. The number of ether oxygens (including phenoxy) is 1. The summed E-state index contributed by atoms with van der Waals surface area (Å²) in [6.45, 7) is 5.19. The average molecular weight is 350 g/mol.